The molecule has 2 rings (SSSR count). The van der Waals surface area contributed by atoms with Crippen molar-refractivity contribution < 1.29 is 8.42 Å². The Kier molecular flexibility index (Phi) is 4.84. The average molecular weight is 331 g/mol. The Bertz CT molecular complexity index is 640. The van der Waals surface area contributed by atoms with E-state index in [1.807, 2.05) is 4.90 Å². The number of nitrogens with zero attached hydrogens (tertiary/aromatic N) is 2. The largest absolute Gasteiger partial charge is 0.352 e. The molecule has 0 aromatic heterocycles. The molecule has 1 aliphatic heterocycles. The van der Waals surface area contributed by atoms with E-state index in [1.165, 1.54) is 0 Å². The molecule has 1 unspecified atom stereocenters. The molecule has 0 N–H and O–H groups in total. The van der Waals surface area contributed by atoms with Crippen LogP contribution in [0.5, 0.6) is 0 Å². The second-order valence-electron chi connectivity index (χ2n) is 4.45. The van der Waals surface area contributed by atoms with E-state index in [-0.39, 0.29) is 5.75 Å². The van der Waals surface area contributed by atoms with Gasteiger partial charge in [0.05, 0.1) is 11.3 Å². The van der Waals surface area contributed by atoms with E-state index in [1.54, 1.807) is 36.9 Å². The smallest absolute Gasteiger partial charge is 0.171 e. The van der Waals surface area contributed by atoms with Crippen LogP contribution in [0.3, 0.4) is 0 Å². The molecule has 20 heavy (non-hydrogen) atoms. The highest BCUT2D eigenvalue weighted by Crippen LogP contribution is 2.31. The molecule has 0 radical (unpaired) electrons. The van der Waals surface area contributed by atoms with E-state index in [0.29, 0.717) is 28.6 Å². The summed E-state index contributed by atoms with van der Waals surface area (Å²) in [4.78, 5) is 1.82. The van der Waals surface area contributed by atoms with Gasteiger partial charge in [-0.3, -0.25) is 0 Å². The summed E-state index contributed by atoms with van der Waals surface area (Å²) in [5.74, 6) is 1.48. The van der Waals surface area contributed by atoms with Crippen LogP contribution >= 0.6 is 23.4 Å². The number of hydrogen-bond acceptors (Lipinski definition) is 5. The molecular weight excluding hydrogens is 316 g/mol. The number of halogens is 1. The maximum absolute atomic E-state index is 12.2. The zero-order chi connectivity index (χ0) is 14.8. The second-order valence-corrected chi connectivity index (χ2v) is 8.48. The Hall–Kier alpha value is -0.900. The monoisotopic (exact) mass is 330 g/mol. The summed E-state index contributed by atoms with van der Waals surface area (Å²) in [6, 6.07) is 7.09. The summed E-state index contributed by atoms with van der Waals surface area (Å²) in [6.45, 7) is 2.27. The van der Waals surface area contributed by atoms with Crippen LogP contribution in [-0.4, -0.2) is 37.6 Å². The van der Waals surface area contributed by atoms with Crippen LogP contribution in [0, 0.1) is 11.3 Å². The number of anilines is 1. The third-order valence-corrected chi connectivity index (χ3v) is 6.81. The zero-order valence-corrected chi connectivity index (χ0v) is 13.4. The van der Waals surface area contributed by atoms with Crippen molar-refractivity contribution in [1.29, 1.82) is 5.26 Å². The van der Waals surface area contributed by atoms with Crippen LogP contribution in [-0.2, 0) is 9.84 Å². The average Bonchev–Trinajstić information content (AvgIpc) is 2.47. The van der Waals surface area contributed by atoms with Crippen LogP contribution in [0.25, 0.3) is 0 Å². The molecule has 0 saturated carbocycles. The van der Waals surface area contributed by atoms with Gasteiger partial charge in [0.15, 0.2) is 9.84 Å². The van der Waals surface area contributed by atoms with Gasteiger partial charge in [-0.25, -0.2) is 8.42 Å². The summed E-state index contributed by atoms with van der Waals surface area (Å²) in [7, 11) is -3.19. The Morgan fingerprint density at radius 2 is 2.30 bits per heavy atom. The fourth-order valence-electron chi connectivity index (χ4n) is 2.19. The molecule has 0 spiro atoms. The van der Waals surface area contributed by atoms with Gasteiger partial charge in [-0.1, -0.05) is 18.5 Å². The normalized spacial score (nSPS) is 19.6. The SMILES string of the molecule is CCS(=O)(=O)C1CSCCN1c1ccc(Cl)cc1C#N. The van der Waals surface area contributed by atoms with E-state index in [4.69, 9.17) is 11.6 Å². The van der Waals surface area contributed by atoms with Crippen LogP contribution in [0.2, 0.25) is 5.02 Å². The molecule has 7 heteroatoms. The van der Waals surface area contributed by atoms with Crippen molar-refractivity contribution in [2.45, 2.75) is 12.3 Å². The molecule has 1 aromatic rings. The molecule has 0 amide bonds. The number of sulfone groups is 1. The summed E-state index contributed by atoms with van der Waals surface area (Å²) < 4.78 is 24.5. The molecule has 0 bridgehead atoms. The number of thioether (sulfide) groups is 1. The summed E-state index contributed by atoms with van der Waals surface area (Å²) in [5, 5.41) is 9.14. The molecule has 1 aliphatic rings. The van der Waals surface area contributed by atoms with Crippen molar-refractivity contribution in [1.82, 2.24) is 0 Å². The van der Waals surface area contributed by atoms with Gasteiger partial charge in [-0.15, -0.1) is 0 Å². The molecule has 108 valence electrons. The minimum atomic E-state index is -3.19. The van der Waals surface area contributed by atoms with Crippen LogP contribution < -0.4 is 4.90 Å². The quantitative estimate of drug-likeness (QED) is 0.852. The van der Waals surface area contributed by atoms with E-state index >= 15 is 0 Å². The van der Waals surface area contributed by atoms with Crippen molar-refractivity contribution >= 4 is 38.9 Å². The molecule has 1 atom stereocenters. The second kappa shape index (κ2) is 6.25. The van der Waals surface area contributed by atoms with Crippen molar-refractivity contribution in [3.63, 3.8) is 0 Å². The Labute approximate surface area is 128 Å². The van der Waals surface area contributed by atoms with Gasteiger partial charge in [-0.2, -0.15) is 17.0 Å². The van der Waals surface area contributed by atoms with Crippen molar-refractivity contribution in [3.8, 4) is 6.07 Å². The maximum atomic E-state index is 12.2. The lowest BCUT2D eigenvalue weighted by Gasteiger charge is -2.36. The van der Waals surface area contributed by atoms with Crippen LogP contribution in [0.15, 0.2) is 18.2 Å². The summed E-state index contributed by atoms with van der Waals surface area (Å²) >= 11 is 7.53. The van der Waals surface area contributed by atoms with Crippen molar-refractivity contribution in [2.75, 3.05) is 28.7 Å². The number of nitriles is 1. The number of benzene rings is 1. The lowest BCUT2D eigenvalue weighted by Crippen LogP contribution is -2.48. The highest BCUT2D eigenvalue weighted by Gasteiger charge is 2.33. The zero-order valence-electron chi connectivity index (χ0n) is 11.0. The Morgan fingerprint density at radius 1 is 1.55 bits per heavy atom. The number of rotatable bonds is 3. The fraction of sp³-hybridized carbons (Fsp3) is 0.462. The highest BCUT2D eigenvalue weighted by molar-refractivity contribution is 8.01. The van der Waals surface area contributed by atoms with Crippen LogP contribution in [0.4, 0.5) is 5.69 Å². The van der Waals surface area contributed by atoms with E-state index in [0.717, 1.165) is 5.75 Å². The van der Waals surface area contributed by atoms with Gasteiger partial charge < -0.3 is 4.90 Å². The summed E-state index contributed by atoms with van der Waals surface area (Å²) in [5.41, 5.74) is 1.07. The first-order valence-corrected chi connectivity index (χ1v) is 9.50. The lowest BCUT2D eigenvalue weighted by atomic mass is 10.1. The first-order chi connectivity index (χ1) is 9.49. The maximum Gasteiger partial charge on any atom is 0.171 e. The Morgan fingerprint density at radius 3 is 2.95 bits per heavy atom. The van der Waals surface area contributed by atoms with Gasteiger partial charge in [0.25, 0.3) is 0 Å². The predicted octanol–water partition coefficient (Wildman–Crippen LogP) is 2.53. The molecule has 1 heterocycles. The molecule has 1 fully saturated rings. The van der Waals surface area contributed by atoms with Gasteiger partial charge in [-0.05, 0) is 18.2 Å². The van der Waals surface area contributed by atoms with E-state index in [2.05, 4.69) is 6.07 Å². The van der Waals surface area contributed by atoms with E-state index in [9.17, 15) is 13.7 Å². The minimum Gasteiger partial charge on any atom is -0.352 e. The van der Waals surface area contributed by atoms with Gasteiger partial charge in [0, 0.05) is 28.8 Å². The fourth-order valence-corrected chi connectivity index (χ4v) is 5.35. The first-order valence-electron chi connectivity index (χ1n) is 6.25. The molecule has 0 aliphatic carbocycles. The van der Waals surface area contributed by atoms with Crippen LogP contribution in [0.1, 0.15) is 12.5 Å². The minimum absolute atomic E-state index is 0.101. The number of hydrogen-bond donors (Lipinski definition) is 0. The van der Waals surface area contributed by atoms with Crippen molar-refractivity contribution in [3.05, 3.63) is 28.8 Å². The van der Waals surface area contributed by atoms with Gasteiger partial charge >= 0.3 is 0 Å². The van der Waals surface area contributed by atoms with Gasteiger partial charge in [0.2, 0.25) is 0 Å². The highest BCUT2D eigenvalue weighted by atomic mass is 35.5. The molecule has 4 nitrogen and oxygen atoms in total. The predicted molar refractivity (Wildman–Crippen MR) is 84.1 cm³/mol. The summed E-state index contributed by atoms with van der Waals surface area (Å²) in [6.07, 6.45) is 0. The van der Waals surface area contributed by atoms with Gasteiger partial charge in [0.1, 0.15) is 11.4 Å². The topological polar surface area (TPSA) is 61.2 Å². The third kappa shape index (κ3) is 3.05. The molecule has 1 saturated heterocycles. The molecule has 1 aromatic carbocycles. The Balaban J connectivity index is 2.46. The lowest BCUT2D eigenvalue weighted by molar-refractivity contribution is 0.579. The third-order valence-electron chi connectivity index (χ3n) is 3.29. The molecular formula is C13H15ClN2O2S2. The standard InChI is InChI=1S/C13H15ClN2O2S2/c1-2-20(17,18)13-9-19-6-5-16(13)12-4-3-11(14)7-10(12)8-15/h3-4,7,13H,2,5-6,9H2,1H3. The van der Waals surface area contributed by atoms with E-state index < -0.39 is 15.2 Å². The first kappa shape index (κ1) is 15.5. The van der Waals surface area contributed by atoms with Crippen molar-refractivity contribution in [2.24, 2.45) is 0 Å².